The minimum absolute atomic E-state index is 0.0936. The van der Waals surface area contributed by atoms with Crippen LogP contribution in [0.25, 0.3) is 0 Å². The summed E-state index contributed by atoms with van der Waals surface area (Å²) in [5.41, 5.74) is 6.72. The quantitative estimate of drug-likeness (QED) is 0.809. The molecular formula is C12H17NO2. The minimum Gasteiger partial charge on any atom is -0.350 e. The second-order valence-corrected chi connectivity index (χ2v) is 3.79. The Labute approximate surface area is 90.2 Å². The van der Waals surface area contributed by atoms with Crippen LogP contribution in [-0.2, 0) is 15.9 Å². The van der Waals surface area contributed by atoms with Crippen LogP contribution in [0.4, 0.5) is 0 Å². The molecule has 1 aliphatic heterocycles. The molecular weight excluding hydrogens is 190 g/mol. The highest BCUT2D eigenvalue weighted by molar-refractivity contribution is 5.15. The third kappa shape index (κ3) is 3.02. The molecule has 0 aliphatic carbocycles. The molecule has 15 heavy (non-hydrogen) atoms. The van der Waals surface area contributed by atoms with Crippen LogP contribution in [-0.4, -0.2) is 25.5 Å². The van der Waals surface area contributed by atoms with Crippen LogP contribution >= 0.6 is 0 Å². The zero-order valence-electron chi connectivity index (χ0n) is 8.76. The second kappa shape index (κ2) is 5.26. The largest absolute Gasteiger partial charge is 0.350 e. The number of benzene rings is 1. The van der Waals surface area contributed by atoms with Crippen LogP contribution in [0.2, 0.25) is 0 Å². The van der Waals surface area contributed by atoms with Crippen LogP contribution in [0, 0.1) is 0 Å². The molecule has 0 bridgehead atoms. The topological polar surface area (TPSA) is 44.5 Å². The van der Waals surface area contributed by atoms with Crippen molar-refractivity contribution >= 4 is 0 Å². The summed E-state index contributed by atoms with van der Waals surface area (Å²) >= 11 is 0. The number of ether oxygens (including phenoxy) is 2. The Bertz CT molecular complexity index is 289. The van der Waals surface area contributed by atoms with Crippen molar-refractivity contribution < 1.29 is 9.47 Å². The summed E-state index contributed by atoms with van der Waals surface area (Å²) in [6.45, 7) is 1.33. The molecule has 1 fully saturated rings. The second-order valence-electron chi connectivity index (χ2n) is 3.79. The van der Waals surface area contributed by atoms with Crippen molar-refractivity contribution in [3.05, 3.63) is 35.9 Å². The lowest BCUT2D eigenvalue weighted by Crippen LogP contribution is -2.17. The Balaban J connectivity index is 1.82. The maximum Gasteiger partial charge on any atom is 0.162 e. The molecule has 1 aliphatic rings. The normalized spacial score (nSPS) is 25.7. The van der Waals surface area contributed by atoms with Gasteiger partial charge in [-0.05, 0) is 18.5 Å². The van der Waals surface area contributed by atoms with Gasteiger partial charge in [0, 0.05) is 6.42 Å². The maximum absolute atomic E-state index is 5.70. The van der Waals surface area contributed by atoms with Gasteiger partial charge in [-0.15, -0.1) is 0 Å². The SMILES string of the molecule is NCCC1COC(Cc2ccccc2)O1. The van der Waals surface area contributed by atoms with Gasteiger partial charge < -0.3 is 15.2 Å². The summed E-state index contributed by atoms with van der Waals surface area (Å²) in [6.07, 6.45) is 1.79. The molecule has 2 unspecified atom stereocenters. The van der Waals surface area contributed by atoms with Crippen LogP contribution < -0.4 is 5.73 Å². The van der Waals surface area contributed by atoms with Gasteiger partial charge in [0.15, 0.2) is 6.29 Å². The lowest BCUT2D eigenvalue weighted by Gasteiger charge is -2.10. The van der Waals surface area contributed by atoms with Crippen molar-refractivity contribution in [2.75, 3.05) is 13.2 Å². The molecule has 2 N–H and O–H groups in total. The molecule has 0 amide bonds. The summed E-state index contributed by atoms with van der Waals surface area (Å²) in [4.78, 5) is 0. The zero-order valence-corrected chi connectivity index (χ0v) is 8.76. The molecule has 2 atom stereocenters. The summed E-state index contributed by atoms with van der Waals surface area (Å²) in [5, 5.41) is 0. The Hall–Kier alpha value is -0.900. The van der Waals surface area contributed by atoms with Crippen LogP contribution in [0.1, 0.15) is 12.0 Å². The van der Waals surface area contributed by atoms with Crippen LogP contribution in [0.15, 0.2) is 30.3 Å². The molecule has 1 aromatic carbocycles. The summed E-state index contributed by atoms with van der Waals surface area (Å²) in [6, 6.07) is 10.2. The van der Waals surface area contributed by atoms with Crippen molar-refractivity contribution in [1.29, 1.82) is 0 Å². The van der Waals surface area contributed by atoms with Crippen molar-refractivity contribution in [2.45, 2.75) is 25.2 Å². The van der Waals surface area contributed by atoms with Gasteiger partial charge in [0.25, 0.3) is 0 Å². The van der Waals surface area contributed by atoms with E-state index in [2.05, 4.69) is 12.1 Å². The molecule has 1 aromatic rings. The monoisotopic (exact) mass is 207 g/mol. The van der Waals surface area contributed by atoms with E-state index in [0.29, 0.717) is 13.2 Å². The van der Waals surface area contributed by atoms with Gasteiger partial charge in [0.2, 0.25) is 0 Å². The van der Waals surface area contributed by atoms with E-state index in [0.717, 1.165) is 12.8 Å². The average Bonchev–Trinajstić information content (AvgIpc) is 2.68. The molecule has 2 rings (SSSR count). The first kappa shape index (κ1) is 10.6. The van der Waals surface area contributed by atoms with E-state index in [9.17, 15) is 0 Å². The van der Waals surface area contributed by atoms with Gasteiger partial charge in [0.05, 0.1) is 12.7 Å². The smallest absolute Gasteiger partial charge is 0.162 e. The first-order valence-corrected chi connectivity index (χ1v) is 5.39. The molecule has 0 aromatic heterocycles. The third-order valence-corrected chi connectivity index (χ3v) is 2.55. The lowest BCUT2D eigenvalue weighted by molar-refractivity contribution is -0.0563. The zero-order chi connectivity index (χ0) is 10.5. The third-order valence-electron chi connectivity index (χ3n) is 2.55. The molecule has 0 saturated carbocycles. The highest BCUT2D eigenvalue weighted by Gasteiger charge is 2.25. The first-order chi connectivity index (χ1) is 7.38. The van der Waals surface area contributed by atoms with Gasteiger partial charge >= 0.3 is 0 Å². The van der Waals surface area contributed by atoms with Gasteiger partial charge in [0.1, 0.15) is 0 Å². The van der Waals surface area contributed by atoms with Crippen molar-refractivity contribution in [3.8, 4) is 0 Å². The summed E-state index contributed by atoms with van der Waals surface area (Å²) in [5.74, 6) is 0. The number of hydrogen-bond acceptors (Lipinski definition) is 3. The van der Waals surface area contributed by atoms with E-state index in [-0.39, 0.29) is 12.4 Å². The van der Waals surface area contributed by atoms with E-state index < -0.39 is 0 Å². The van der Waals surface area contributed by atoms with Crippen molar-refractivity contribution in [2.24, 2.45) is 5.73 Å². The average molecular weight is 207 g/mol. The van der Waals surface area contributed by atoms with E-state index in [1.54, 1.807) is 0 Å². The van der Waals surface area contributed by atoms with Gasteiger partial charge in [-0.25, -0.2) is 0 Å². The predicted octanol–water partition coefficient (Wildman–Crippen LogP) is 1.32. The number of rotatable bonds is 4. The van der Waals surface area contributed by atoms with Crippen LogP contribution in [0.5, 0.6) is 0 Å². The Morgan fingerprint density at radius 3 is 2.80 bits per heavy atom. The van der Waals surface area contributed by atoms with Crippen molar-refractivity contribution in [3.63, 3.8) is 0 Å². The van der Waals surface area contributed by atoms with E-state index in [1.807, 2.05) is 18.2 Å². The van der Waals surface area contributed by atoms with E-state index >= 15 is 0 Å². The molecule has 0 radical (unpaired) electrons. The predicted molar refractivity (Wildman–Crippen MR) is 58.4 cm³/mol. The first-order valence-electron chi connectivity index (χ1n) is 5.39. The summed E-state index contributed by atoms with van der Waals surface area (Å²) < 4.78 is 11.2. The molecule has 0 spiro atoms. The number of hydrogen-bond donors (Lipinski definition) is 1. The molecule has 3 nitrogen and oxygen atoms in total. The molecule has 1 heterocycles. The molecule has 1 saturated heterocycles. The Morgan fingerprint density at radius 1 is 1.27 bits per heavy atom. The highest BCUT2D eigenvalue weighted by atomic mass is 16.7. The fourth-order valence-corrected chi connectivity index (χ4v) is 1.76. The Morgan fingerprint density at radius 2 is 2.07 bits per heavy atom. The van der Waals surface area contributed by atoms with Gasteiger partial charge in [-0.2, -0.15) is 0 Å². The van der Waals surface area contributed by atoms with Crippen molar-refractivity contribution in [1.82, 2.24) is 0 Å². The standard InChI is InChI=1S/C12H17NO2/c13-7-6-11-9-14-12(15-11)8-10-4-2-1-3-5-10/h1-5,11-12H,6-9,13H2. The summed E-state index contributed by atoms with van der Waals surface area (Å²) in [7, 11) is 0. The Kier molecular flexibility index (Phi) is 3.72. The van der Waals surface area contributed by atoms with Crippen LogP contribution in [0.3, 0.4) is 0 Å². The number of nitrogens with two attached hydrogens (primary N) is 1. The van der Waals surface area contributed by atoms with Gasteiger partial charge in [-0.1, -0.05) is 30.3 Å². The van der Waals surface area contributed by atoms with Gasteiger partial charge in [-0.3, -0.25) is 0 Å². The lowest BCUT2D eigenvalue weighted by atomic mass is 10.1. The minimum atomic E-state index is -0.0936. The van der Waals surface area contributed by atoms with E-state index in [1.165, 1.54) is 5.56 Å². The fraction of sp³-hybridized carbons (Fsp3) is 0.500. The highest BCUT2D eigenvalue weighted by Crippen LogP contribution is 2.17. The maximum atomic E-state index is 5.70. The fourth-order valence-electron chi connectivity index (χ4n) is 1.76. The molecule has 82 valence electrons. The van der Waals surface area contributed by atoms with E-state index in [4.69, 9.17) is 15.2 Å². The molecule has 3 heteroatoms.